The van der Waals surface area contributed by atoms with Crippen LogP contribution < -0.4 is 10.1 Å². The lowest BCUT2D eigenvalue weighted by atomic mass is 10.1. The lowest BCUT2D eigenvalue weighted by molar-refractivity contribution is 0.102. The molecule has 0 fully saturated rings. The second kappa shape index (κ2) is 6.06. The maximum absolute atomic E-state index is 12.8. The van der Waals surface area contributed by atoms with Crippen LogP contribution in [0.15, 0.2) is 42.5 Å². The van der Waals surface area contributed by atoms with Gasteiger partial charge in [0.05, 0.1) is 12.2 Å². The molecule has 0 heterocycles. The van der Waals surface area contributed by atoms with Crippen LogP contribution >= 0.6 is 0 Å². The highest BCUT2D eigenvalue weighted by Gasteiger charge is 2.12. The molecule has 2 aromatic rings. The van der Waals surface area contributed by atoms with E-state index in [4.69, 9.17) is 4.74 Å². The van der Waals surface area contributed by atoms with E-state index in [-0.39, 0.29) is 5.56 Å². The first-order valence-corrected chi connectivity index (χ1v) is 6.13. The molecule has 0 aliphatic heterocycles. The normalized spacial score (nSPS) is 10.1. The number of benzene rings is 2. The van der Waals surface area contributed by atoms with Gasteiger partial charge in [0.25, 0.3) is 5.91 Å². The Morgan fingerprint density at radius 3 is 2.55 bits per heavy atom. The topological polar surface area (TPSA) is 58.6 Å². The summed E-state index contributed by atoms with van der Waals surface area (Å²) >= 11 is 0. The van der Waals surface area contributed by atoms with Crippen LogP contribution in [0.25, 0.3) is 0 Å². The zero-order valence-electron chi connectivity index (χ0n) is 10.9. The number of ether oxygens (including phenoxy) is 1. The number of phenolic OH excluding ortho intramolecular Hbond substituents is 1. The third kappa shape index (κ3) is 3.26. The van der Waals surface area contributed by atoms with Gasteiger partial charge in [0.2, 0.25) is 0 Å². The number of carbonyl (C=O) groups excluding carboxylic acids is 1. The van der Waals surface area contributed by atoms with Crippen LogP contribution in [0.2, 0.25) is 0 Å². The highest BCUT2D eigenvalue weighted by molar-refractivity contribution is 6.06. The van der Waals surface area contributed by atoms with Crippen LogP contribution in [-0.4, -0.2) is 17.6 Å². The molecule has 0 aliphatic carbocycles. The second-order valence-corrected chi connectivity index (χ2v) is 4.07. The van der Waals surface area contributed by atoms with Gasteiger partial charge in [-0.2, -0.15) is 0 Å². The smallest absolute Gasteiger partial charge is 0.259 e. The highest BCUT2D eigenvalue weighted by atomic mass is 19.1. The van der Waals surface area contributed by atoms with E-state index in [2.05, 4.69) is 5.32 Å². The summed E-state index contributed by atoms with van der Waals surface area (Å²) in [7, 11) is 0. The number of halogens is 1. The summed E-state index contributed by atoms with van der Waals surface area (Å²) in [5.41, 5.74) is 0.572. The van der Waals surface area contributed by atoms with Crippen molar-refractivity contribution in [2.75, 3.05) is 11.9 Å². The van der Waals surface area contributed by atoms with E-state index in [0.29, 0.717) is 18.0 Å². The molecule has 104 valence electrons. The van der Waals surface area contributed by atoms with Gasteiger partial charge < -0.3 is 15.2 Å². The zero-order chi connectivity index (χ0) is 14.5. The van der Waals surface area contributed by atoms with Gasteiger partial charge in [0, 0.05) is 11.8 Å². The van der Waals surface area contributed by atoms with E-state index in [9.17, 15) is 14.3 Å². The first-order chi connectivity index (χ1) is 9.60. The maximum atomic E-state index is 12.8. The second-order valence-electron chi connectivity index (χ2n) is 4.07. The SMILES string of the molecule is CCOc1ccc(NC(=O)c2ccc(F)cc2O)cc1. The molecule has 20 heavy (non-hydrogen) atoms. The molecule has 0 bridgehead atoms. The van der Waals surface area contributed by atoms with Crippen molar-refractivity contribution in [3.63, 3.8) is 0 Å². The van der Waals surface area contributed by atoms with E-state index < -0.39 is 17.5 Å². The predicted molar refractivity (Wildman–Crippen MR) is 73.6 cm³/mol. The molecule has 0 aromatic heterocycles. The zero-order valence-corrected chi connectivity index (χ0v) is 10.9. The fraction of sp³-hybridized carbons (Fsp3) is 0.133. The molecule has 2 rings (SSSR count). The van der Waals surface area contributed by atoms with Crippen molar-refractivity contribution in [3.8, 4) is 11.5 Å². The minimum atomic E-state index is -0.597. The molecule has 0 saturated heterocycles. The molecule has 0 spiro atoms. The molecular weight excluding hydrogens is 261 g/mol. The number of anilines is 1. The number of rotatable bonds is 4. The lowest BCUT2D eigenvalue weighted by Gasteiger charge is -2.08. The summed E-state index contributed by atoms with van der Waals surface area (Å²) < 4.78 is 18.1. The summed E-state index contributed by atoms with van der Waals surface area (Å²) in [6.45, 7) is 2.45. The Morgan fingerprint density at radius 2 is 1.95 bits per heavy atom. The molecule has 1 amide bonds. The molecule has 0 saturated carbocycles. The maximum Gasteiger partial charge on any atom is 0.259 e. The highest BCUT2D eigenvalue weighted by Crippen LogP contribution is 2.21. The van der Waals surface area contributed by atoms with Gasteiger partial charge in [0.1, 0.15) is 17.3 Å². The summed E-state index contributed by atoms with van der Waals surface area (Å²) in [4.78, 5) is 11.9. The van der Waals surface area contributed by atoms with Gasteiger partial charge >= 0.3 is 0 Å². The minimum Gasteiger partial charge on any atom is -0.507 e. The number of carbonyl (C=O) groups is 1. The third-order valence-corrected chi connectivity index (χ3v) is 2.63. The Bertz CT molecular complexity index is 611. The van der Waals surface area contributed by atoms with Crippen molar-refractivity contribution in [3.05, 3.63) is 53.8 Å². The van der Waals surface area contributed by atoms with Crippen molar-refractivity contribution >= 4 is 11.6 Å². The van der Waals surface area contributed by atoms with Crippen LogP contribution in [0, 0.1) is 5.82 Å². The van der Waals surface area contributed by atoms with Crippen LogP contribution in [0.5, 0.6) is 11.5 Å². The summed E-state index contributed by atoms with van der Waals surface area (Å²) in [5, 5.41) is 12.1. The first-order valence-electron chi connectivity index (χ1n) is 6.13. The van der Waals surface area contributed by atoms with Crippen molar-refractivity contribution in [2.24, 2.45) is 0 Å². The molecule has 0 unspecified atom stereocenters. The van der Waals surface area contributed by atoms with E-state index in [1.54, 1.807) is 24.3 Å². The minimum absolute atomic E-state index is 0.0142. The Morgan fingerprint density at radius 1 is 1.25 bits per heavy atom. The largest absolute Gasteiger partial charge is 0.507 e. The van der Waals surface area contributed by atoms with Gasteiger partial charge in [-0.15, -0.1) is 0 Å². The van der Waals surface area contributed by atoms with E-state index in [1.807, 2.05) is 6.92 Å². The van der Waals surface area contributed by atoms with Crippen LogP contribution in [-0.2, 0) is 0 Å². The molecule has 0 atom stereocenters. The van der Waals surface area contributed by atoms with E-state index in [1.165, 1.54) is 6.07 Å². The van der Waals surface area contributed by atoms with Gasteiger partial charge in [-0.3, -0.25) is 4.79 Å². The van der Waals surface area contributed by atoms with Crippen molar-refractivity contribution in [1.29, 1.82) is 0 Å². The van der Waals surface area contributed by atoms with Crippen molar-refractivity contribution in [1.82, 2.24) is 0 Å². The standard InChI is InChI=1S/C15H14FNO3/c1-2-20-12-6-4-11(5-7-12)17-15(19)13-8-3-10(16)9-14(13)18/h3-9,18H,2H2,1H3,(H,17,19). The number of nitrogens with one attached hydrogen (secondary N) is 1. The van der Waals surface area contributed by atoms with Gasteiger partial charge in [0.15, 0.2) is 0 Å². The fourth-order valence-electron chi connectivity index (χ4n) is 1.70. The third-order valence-electron chi connectivity index (χ3n) is 2.63. The van der Waals surface area contributed by atoms with Crippen molar-refractivity contribution < 1.29 is 19.0 Å². The van der Waals surface area contributed by atoms with E-state index in [0.717, 1.165) is 12.1 Å². The molecule has 2 aromatic carbocycles. The van der Waals surface area contributed by atoms with Gasteiger partial charge in [-0.05, 0) is 43.3 Å². The van der Waals surface area contributed by atoms with Crippen LogP contribution in [0.1, 0.15) is 17.3 Å². The molecule has 4 nitrogen and oxygen atoms in total. The molecular formula is C15H14FNO3. The summed E-state index contributed by atoms with van der Waals surface area (Å²) in [6.07, 6.45) is 0. The quantitative estimate of drug-likeness (QED) is 0.901. The average molecular weight is 275 g/mol. The Labute approximate surface area is 115 Å². The molecule has 5 heteroatoms. The molecule has 2 N–H and O–H groups in total. The average Bonchev–Trinajstić information content (AvgIpc) is 2.41. The number of amides is 1. The number of aromatic hydroxyl groups is 1. The lowest BCUT2D eigenvalue weighted by Crippen LogP contribution is -2.12. The van der Waals surface area contributed by atoms with Gasteiger partial charge in [-0.1, -0.05) is 0 Å². The van der Waals surface area contributed by atoms with Crippen molar-refractivity contribution in [2.45, 2.75) is 6.92 Å². The fourth-order valence-corrected chi connectivity index (χ4v) is 1.70. The predicted octanol–water partition coefficient (Wildman–Crippen LogP) is 3.18. The van der Waals surface area contributed by atoms with Crippen LogP contribution in [0.4, 0.5) is 10.1 Å². The molecule has 0 radical (unpaired) electrons. The Kier molecular flexibility index (Phi) is 4.20. The summed E-state index contributed by atoms with van der Waals surface area (Å²) in [6, 6.07) is 10.1. The monoisotopic (exact) mass is 275 g/mol. The Balaban J connectivity index is 2.11. The molecule has 0 aliphatic rings. The van der Waals surface area contributed by atoms with Crippen LogP contribution in [0.3, 0.4) is 0 Å². The number of hydrogen-bond donors (Lipinski definition) is 2. The summed E-state index contributed by atoms with van der Waals surface area (Å²) in [5.74, 6) is -0.796. The Hall–Kier alpha value is -2.56. The number of phenols is 1. The number of hydrogen-bond acceptors (Lipinski definition) is 3. The first kappa shape index (κ1) is 13.9. The van der Waals surface area contributed by atoms with Gasteiger partial charge in [-0.25, -0.2) is 4.39 Å². The van der Waals surface area contributed by atoms with E-state index >= 15 is 0 Å².